The van der Waals surface area contributed by atoms with Crippen molar-refractivity contribution in [1.82, 2.24) is 19.9 Å². The number of carbonyl (C=O) groups excluding carboxylic acids is 2. The fraction of sp³-hybridized carbons (Fsp3) is 0.500. The third kappa shape index (κ3) is 7.67. The van der Waals surface area contributed by atoms with Crippen LogP contribution in [0.1, 0.15) is 45.6 Å². The number of hydrogen-bond acceptors (Lipinski definition) is 6. The van der Waals surface area contributed by atoms with Gasteiger partial charge in [0.25, 0.3) is 0 Å². The Morgan fingerprint density at radius 3 is 2.58 bits per heavy atom. The molecule has 2 aromatic rings. The van der Waals surface area contributed by atoms with Crippen molar-refractivity contribution < 1.29 is 22.7 Å². The summed E-state index contributed by atoms with van der Waals surface area (Å²) in [6.07, 6.45) is 3.46. The second-order valence-electron chi connectivity index (χ2n) is 10.8. The summed E-state index contributed by atoms with van der Waals surface area (Å²) in [5.74, 6) is 0.976. The van der Waals surface area contributed by atoms with Crippen molar-refractivity contribution in [3.63, 3.8) is 0 Å². The van der Waals surface area contributed by atoms with E-state index in [1.807, 2.05) is 45.0 Å². The van der Waals surface area contributed by atoms with Crippen LogP contribution in [0.5, 0.6) is 0 Å². The summed E-state index contributed by atoms with van der Waals surface area (Å²) >= 11 is 3.37. The van der Waals surface area contributed by atoms with Crippen LogP contribution in [-0.2, 0) is 21.3 Å². The molecule has 1 saturated carbocycles. The summed E-state index contributed by atoms with van der Waals surface area (Å²) in [7, 11) is -3.76. The highest BCUT2D eigenvalue weighted by Crippen LogP contribution is 2.37. The average Bonchev–Trinajstić information content (AvgIpc) is 3.26. The van der Waals surface area contributed by atoms with Crippen molar-refractivity contribution in [2.75, 3.05) is 18.4 Å². The van der Waals surface area contributed by atoms with E-state index in [1.54, 1.807) is 4.90 Å². The van der Waals surface area contributed by atoms with Gasteiger partial charge in [0, 0.05) is 36.3 Å². The number of nitrogens with one attached hydrogen (secondary N) is 3. The van der Waals surface area contributed by atoms with E-state index in [0.717, 1.165) is 29.3 Å². The van der Waals surface area contributed by atoms with E-state index in [0.29, 0.717) is 24.9 Å². The summed E-state index contributed by atoms with van der Waals surface area (Å²) in [5.41, 5.74) is 0.287. The maximum Gasteiger partial charge on any atom is 0.410 e. The molecule has 0 spiro atoms. The number of sulfonamides is 1. The lowest BCUT2D eigenvalue weighted by molar-refractivity contribution is 0.0284. The monoisotopic (exact) mass is 607 g/mol. The first-order valence-corrected chi connectivity index (χ1v) is 14.9. The molecule has 3 atom stereocenters. The number of aromatic nitrogens is 1. The van der Waals surface area contributed by atoms with Gasteiger partial charge in [-0.05, 0) is 81.7 Å². The van der Waals surface area contributed by atoms with Gasteiger partial charge < -0.3 is 15.0 Å². The highest BCUT2D eigenvalue weighted by molar-refractivity contribution is 9.10. The lowest BCUT2D eigenvalue weighted by Gasteiger charge is -2.31. The molecule has 1 saturated heterocycles. The number of likely N-dealkylation sites (tertiary alicyclic amines) is 1. The van der Waals surface area contributed by atoms with Crippen molar-refractivity contribution in [3.05, 3.63) is 52.6 Å². The zero-order valence-corrected chi connectivity index (χ0v) is 24.1. The number of amides is 3. The summed E-state index contributed by atoms with van der Waals surface area (Å²) in [6.45, 7) is 7.03. The van der Waals surface area contributed by atoms with E-state index in [2.05, 4.69) is 36.3 Å². The Bertz CT molecular complexity index is 1270. The minimum absolute atomic E-state index is 0.00699. The summed E-state index contributed by atoms with van der Waals surface area (Å²) in [5, 5.41) is 5.67. The Hall–Kier alpha value is -2.70. The number of fused-ring (bicyclic) bond motifs is 1. The minimum Gasteiger partial charge on any atom is -0.444 e. The standard InChI is InChI=1S/C26H34BrN5O5S/c1-26(2,3)37-25(34)32-15-18-7-8-21(12-19(18)16-32)30-24(33)31-23-10-9-22(14-28-23)38(35,36)29-13-17-5-4-6-20(27)11-17/h4-6,9-11,14,18-19,21,29H,7-8,12-13,15-16H2,1-3H3,(H2,28,30,31,33). The summed E-state index contributed by atoms with van der Waals surface area (Å²) in [6, 6.07) is 9.81. The molecule has 206 valence electrons. The number of pyridine rings is 1. The third-order valence-corrected chi connectivity index (χ3v) is 8.56. The molecule has 2 heterocycles. The first kappa shape index (κ1) is 28.3. The molecule has 1 aromatic heterocycles. The molecule has 3 unspecified atom stereocenters. The first-order valence-electron chi connectivity index (χ1n) is 12.6. The molecule has 1 aliphatic carbocycles. The quantitative estimate of drug-likeness (QED) is 0.444. The van der Waals surface area contributed by atoms with Crippen LogP contribution >= 0.6 is 15.9 Å². The van der Waals surface area contributed by atoms with Gasteiger partial charge in [0.15, 0.2) is 0 Å². The van der Waals surface area contributed by atoms with Crippen LogP contribution in [0.15, 0.2) is 52.0 Å². The lowest BCUT2D eigenvalue weighted by atomic mass is 9.79. The average molecular weight is 609 g/mol. The van der Waals surface area contributed by atoms with Crippen LogP contribution in [0, 0.1) is 11.8 Å². The Morgan fingerprint density at radius 2 is 1.89 bits per heavy atom. The Kier molecular flexibility index (Phi) is 8.63. The number of nitrogens with zero attached hydrogens (tertiary/aromatic N) is 2. The number of carbonyl (C=O) groups is 2. The number of hydrogen-bond donors (Lipinski definition) is 3. The fourth-order valence-electron chi connectivity index (χ4n) is 4.90. The van der Waals surface area contributed by atoms with Crippen molar-refractivity contribution in [2.24, 2.45) is 11.8 Å². The predicted molar refractivity (Wildman–Crippen MR) is 147 cm³/mol. The van der Waals surface area contributed by atoms with Gasteiger partial charge in [0.2, 0.25) is 10.0 Å². The molecular weight excluding hydrogens is 574 g/mol. The highest BCUT2D eigenvalue weighted by atomic mass is 79.9. The summed E-state index contributed by atoms with van der Waals surface area (Å²) in [4.78, 5) is 30.9. The SMILES string of the molecule is CC(C)(C)OC(=O)N1CC2CCC(NC(=O)Nc3ccc(S(=O)(=O)NCc4cccc(Br)c4)cn3)CC2C1. The Balaban J connectivity index is 1.25. The molecule has 1 aliphatic heterocycles. The normalized spacial score (nSPS) is 21.5. The van der Waals surface area contributed by atoms with Gasteiger partial charge >= 0.3 is 12.1 Å². The number of ether oxygens (including phenoxy) is 1. The molecule has 2 aliphatic rings. The number of urea groups is 1. The van der Waals surface area contributed by atoms with Crippen LogP contribution in [0.2, 0.25) is 0 Å². The van der Waals surface area contributed by atoms with Gasteiger partial charge in [-0.25, -0.2) is 27.7 Å². The molecule has 0 bridgehead atoms. The maximum atomic E-state index is 12.6. The van der Waals surface area contributed by atoms with Crippen LogP contribution in [0.4, 0.5) is 15.4 Å². The molecule has 4 rings (SSSR count). The number of anilines is 1. The van der Waals surface area contributed by atoms with Crippen LogP contribution in [0.25, 0.3) is 0 Å². The number of benzene rings is 1. The molecule has 38 heavy (non-hydrogen) atoms. The number of halogens is 1. The van der Waals surface area contributed by atoms with Gasteiger partial charge in [0.05, 0.1) is 0 Å². The van der Waals surface area contributed by atoms with Crippen LogP contribution in [0.3, 0.4) is 0 Å². The largest absolute Gasteiger partial charge is 0.444 e. The molecule has 3 N–H and O–H groups in total. The Labute approximate surface area is 232 Å². The molecule has 2 fully saturated rings. The van der Waals surface area contributed by atoms with Crippen molar-refractivity contribution in [3.8, 4) is 0 Å². The van der Waals surface area contributed by atoms with Crippen LogP contribution in [-0.4, -0.2) is 55.2 Å². The zero-order chi connectivity index (χ0) is 27.5. The van der Waals surface area contributed by atoms with E-state index in [4.69, 9.17) is 4.74 Å². The second kappa shape index (κ2) is 11.6. The van der Waals surface area contributed by atoms with E-state index >= 15 is 0 Å². The smallest absolute Gasteiger partial charge is 0.410 e. The van der Waals surface area contributed by atoms with Crippen molar-refractivity contribution in [2.45, 2.75) is 63.1 Å². The molecule has 10 nitrogen and oxygen atoms in total. The van der Waals surface area contributed by atoms with Gasteiger partial charge in [-0.1, -0.05) is 28.1 Å². The van der Waals surface area contributed by atoms with E-state index < -0.39 is 21.7 Å². The molecule has 1 aromatic carbocycles. The predicted octanol–water partition coefficient (Wildman–Crippen LogP) is 4.48. The van der Waals surface area contributed by atoms with Gasteiger partial charge in [0.1, 0.15) is 16.3 Å². The van der Waals surface area contributed by atoms with Crippen LogP contribution < -0.4 is 15.4 Å². The molecule has 3 amide bonds. The minimum atomic E-state index is -3.76. The molecule has 0 radical (unpaired) electrons. The van der Waals surface area contributed by atoms with Gasteiger partial charge in [-0.15, -0.1) is 0 Å². The topological polar surface area (TPSA) is 130 Å². The number of rotatable bonds is 6. The van der Waals surface area contributed by atoms with E-state index in [-0.39, 0.29) is 29.4 Å². The second-order valence-corrected chi connectivity index (χ2v) is 13.5. The van der Waals surface area contributed by atoms with Gasteiger partial charge in [-0.3, -0.25) is 5.32 Å². The summed E-state index contributed by atoms with van der Waals surface area (Å²) < 4.78 is 34.2. The van der Waals surface area contributed by atoms with Crippen molar-refractivity contribution in [1.29, 1.82) is 0 Å². The van der Waals surface area contributed by atoms with Crippen molar-refractivity contribution >= 4 is 43.9 Å². The fourth-order valence-corrected chi connectivity index (χ4v) is 6.31. The highest BCUT2D eigenvalue weighted by Gasteiger charge is 2.41. The van der Waals surface area contributed by atoms with Gasteiger partial charge in [-0.2, -0.15) is 0 Å². The third-order valence-electron chi connectivity index (χ3n) is 6.68. The zero-order valence-electron chi connectivity index (χ0n) is 21.7. The van der Waals surface area contributed by atoms with E-state index in [1.165, 1.54) is 18.3 Å². The molecular formula is C26H34BrN5O5S. The maximum absolute atomic E-state index is 12.6. The first-order chi connectivity index (χ1) is 17.9. The Morgan fingerprint density at radius 1 is 1.13 bits per heavy atom. The lowest BCUT2D eigenvalue weighted by Crippen LogP contribution is -2.42. The van der Waals surface area contributed by atoms with E-state index in [9.17, 15) is 18.0 Å². The molecule has 12 heteroatoms.